The van der Waals surface area contributed by atoms with Crippen LogP contribution in [0.1, 0.15) is 46.2 Å². The lowest BCUT2D eigenvalue weighted by Gasteiger charge is -2.14. The molecule has 0 aliphatic carbocycles. The number of aromatic nitrogens is 2. The molecule has 1 N–H and O–H groups in total. The number of hydrogen-bond donors (Lipinski definition) is 1. The first-order valence-electron chi connectivity index (χ1n) is 7.14. The zero-order chi connectivity index (χ0) is 14.9. The zero-order valence-corrected chi connectivity index (χ0v) is 13.1. The Morgan fingerprint density at radius 2 is 1.90 bits per heavy atom. The van der Waals surface area contributed by atoms with Gasteiger partial charge in [-0.05, 0) is 57.2 Å². The molecule has 20 heavy (non-hydrogen) atoms. The van der Waals surface area contributed by atoms with Gasteiger partial charge in [-0.15, -0.1) is 0 Å². The van der Waals surface area contributed by atoms with E-state index in [2.05, 4.69) is 38.0 Å². The summed E-state index contributed by atoms with van der Waals surface area (Å²) in [5, 5.41) is 14.8. The highest BCUT2D eigenvalue weighted by molar-refractivity contribution is 5.32. The largest absolute Gasteiger partial charge is 0.388 e. The van der Waals surface area contributed by atoms with Crippen LogP contribution in [0.2, 0.25) is 0 Å². The van der Waals surface area contributed by atoms with Crippen molar-refractivity contribution in [3.63, 3.8) is 0 Å². The number of aliphatic hydroxyl groups excluding tert-OH is 1. The first kappa shape index (κ1) is 14.8. The molecule has 1 atom stereocenters. The highest BCUT2D eigenvalue weighted by atomic mass is 16.3. The van der Waals surface area contributed by atoms with Crippen LogP contribution in [-0.4, -0.2) is 14.9 Å². The molecule has 0 saturated carbocycles. The van der Waals surface area contributed by atoms with Crippen LogP contribution in [-0.2, 0) is 13.5 Å². The van der Waals surface area contributed by atoms with Crippen LogP contribution in [0.25, 0.3) is 0 Å². The minimum absolute atomic E-state index is 0.408. The summed E-state index contributed by atoms with van der Waals surface area (Å²) in [7, 11) is 1.96. The van der Waals surface area contributed by atoms with E-state index in [1.54, 1.807) is 0 Å². The molecule has 0 fully saturated rings. The average Bonchev–Trinajstić information content (AvgIpc) is 2.61. The van der Waals surface area contributed by atoms with E-state index in [0.717, 1.165) is 29.7 Å². The Morgan fingerprint density at radius 3 is 2.45 bits per heavy atom. The molecule has 2 aromatic rings. The third kappa shape index (κ3) is 2.93. The van der Waals surface area contributed by atoms with Crippen molar-refractivity contribution < 1.29 is 5.11 Å². The number of hydrogen-bond acceptors (Lipinski definition) is 2. The minimum atomic E-state index is -0.408. The maximum absolute atomic E-state index is 10.4. The van der Waals surface area contributed by atoms with Crippen molar-refractivity contribution in [2.75, 3.05) is 0 Å². The van der Waals surface area contributed by atoms with E-state index in [-0.39, 0.29) is 0 Å². The molecule has 1 aromatic carbocycles. The van der Waals surface area contributed by atoms with Gasteiger partial charge in [-0.2, -0.15) is 5.10 Å². The molecular weight excluding hydrogens is 248 g/mol. The van der Waals surface area contributed by atoms with Gasteiger partial charge >= 0.3 is 0 Å². The molecule has 3 nitrogen and oxygen atoms in total. The van der Waals surface area contributed by atoms with Gasteiger partial charge in [0.2, 0.25) is 0 Å². The summed E-state index contributed by atoms with van der Waals surface area (Å²) in [5.41, 5.74) is 6.95. The zero-order valence-electron chi connectivity index (χ0n) is 13.1. The molecule has 1 aromatic heterocycles. The van der Waals surface area contributed by atoms with Gasteiger partial charge in [0.05, 0.1) is 11.8 Å². The first-order valence-corrected chi connectivity index (χ1v) is 7.14. The molecule has 0 saturated heterocycles. The monoisotopic (exact) mass is 272 g/mol. The predicted molar refractivity (Wildman–Crippen MR) is 81.9 cm³/mol. The van der Waals surface area contributed by atoms with Crippen molar-refractivity contribution in [1.29, 1.82) is 0 Å². The average molecular weight is 272 g/mol. The second-order valence-corrected chi connectivity index (χ2v) is 5.69. The summed E-state index contributed by atoms with van der Waals surface area (Å²) in [6, 6.07) is 6.23. The van der Waals surface area contributed by atoms with Gasteiger partial charge in [0.1, 0.15) is 0 Å². The summed E-state index contributed by atoms with van der Waals surface area (Å²) < 4.78 is 1.91. The summed E-state index contributed by atoms with van der Waals surface area (Å²) in [6.07, 6.45) is 1.19. The Hall–Kier alpha value is -1.61. The van der Waals surface area contributed by atoms with Crippen LogP contribution in [0.4, 0.5) is 0 Å². The number of benzene rings is 1. The van der Waals surface area contributed by atoms with Crippen LogP contribution in [0, 0.1) is 27.7 Å². The predicted octanol–water partition coefficient (Wildman–Crippen LogP) is 3.32. The molecule has 0 aliphatic heterocycles. The smallest absolute Gasteiger partial charge is 0.0795 e. The van der Waals surface area contributed by atoms with Gasteiger partial charge in [-0.1, -0.05) is 23.8 Å². The molecule has 0 radical (unpaired) electrons. The second-order valence-electron chi connectivity index (χ2n) is 5.69. The molecule has 2 rings (SSSR count). The number of nitrogens with zero attached hydrogens (tertiary/aromatic N) is 2. The Bertz CT molecular complexity index is 614. The van der Waals surface area contributed by atoms with E-state index in [9.17, 15) is 5.11 Å². The highest BCUT2D eigenvalue weighted by Crippen LogP contribution is 2.24. The Balaban J connectivity index is 2.10. The Kier molecular flexibility index (Phi) is 4.29. The van der Waals surface area contributed by atoms with Crippen molar-refractivity contribution in [2.24, 2.45) is 7.05 Å². The molecule has 0 aliphatic rings. The normalized spacial score (nSPS) is 12.7. The van der Waals surface area contributed by atoms with Crippen molar-refractivity contribution in [3.8, 4) is 0 Å². The molecule has 1 unspecified atom stereocenters. The van der Waals surface area contributed by atoms with Crippen LogP contribution in [0.15, 0.2) is 18.2 Å². The fourth-order valence-electron chi connectivity index (χ4n) is 2.82. The summed E-state index contributed by atoms with van der Waals surface area (Å²) in [6.45, 7) is 8.25. The van der Waals surface area contributed by atoms with Crippen LogP contribution in [0.3, 0.4) is 0 Å². The quantitative estimate of drug-likeness (QED) is 0.927. The van der Waals surface area contributed by atoms with E-state index in [0.29, 0.717) is 0 Å². The molecular formula is C17H24N2O. The molecule has 1 heterocycles. The van der Waals surface area contributed by atoms with Crippen molar-refractivity contribution in [2.45, 2.75) is 46.6 Å². The summed E-state index contributed by atoms with van der Waals surface area (Å²) in [5.74, 6) is 0. The van der Waals surface area contributed by atoms with E-state index in [4.69, 9.17) is 0 Å². The van der Waals surface area contributed by atoms with E-state index in [1.165, 1.54) is 16.8 Å². The lowest BCUT2D eigenvalue weighted by molar-refractivity contribution is 0.167. The van der Waals surface area contributed by atoms with E-state index < -0.39 is 6.10 Å². The minimum Gasteiger partial charge on any atom is -0.388 e. The summed E-state index contributed by atoms with van der Waals surface area (Å²) in [4.78, 5) is 0. The molecule has 0 amide bonds. The van der Waals surface area contributed by atoms with E-state index in [1.807, 2.05) is 24.7 Å². The SMILES string of the molecule is Cc1ccc(C(O)CCc2c(C)nn(C)c2C)c(C)c1. The number of rotatable bonds is 4. The Labute approximate surface area is 121 Å². The topological polar surface area (TPSA) is 38.1 Å². The third-order valence-corrected chi connectivity index (χ3v) is 4.11. The fraction of sp³-hybridized carbons (Fsp3) is 0.471. The fourth-order valence-corrected chi connectivity index (χ4v) is 2.82. The van der Waals surface area contributed by atoms with Crippen LogP contribution < -0.4 is 0 Å². The summed E-state index contributed by atoms with van der Waals surface area (Å²) >= 11 is 0. The van der Waals surface area contributed by atoms with Gasteiger partial charge in [-0.25, -0.2) is 0 Å². The Morgan fingerprint density at radius 1 is 1.20 bits per heavy atom. The lowest BCUT2D eigenvalue weighted by Crippen LogP contribution is -2.03. The molecule has 0 spiro atoms. The lowest BCUT2D eigenvalue weighted by atomic mass is 9.96. The van der Waals surface area contributed by atoms with Crippen LogP contribution >= 0.6 is 0 Å². The first-order chi connectivity index (χ1) is 9.40. The van der Waals surface area contributed by atoms with Gasteiger partial charge in [0, 0.05) is 12.7 Å². The molecule has 0 bridgehead atoms. The molecule has 108 valence electrons. The number of aryl methyl sites for hydroxylation is 4. The van der Waals surface area contributed by atoms with Crippen molar-refractivity contribution in [3.05, 3.63) is 51.8 Å². The van der Waals surface area contributed by atoms with Crippen LogP contribution in [0.5, 0.6) is 0 Å². The molecule has 3 heteroatoms. The number of aliphatic hydroxyl groups is 1. The van der Waals surface area contributed by atoms with Crippen molar-refractivity contribution in [1.82, 2.24) is 9.78 Å². The van der Waals surface area contributed by atoms with Crippen molar-refractivity contribution >= 4 is 0 Å². The van der Waals surface area contributed by atoms with E-state index >= 15 is 0 Å². The van der Waals surface area contributed by atoms with Gasteiger partial charge in [-0.3, -0.25) is 4.68 Å². The van der Waals surface area contributed by atoms with Gasteiger partial charge in [0.15, 0.2) is 0 Å². The van der Waals surface area contributed by atoms with Gasteiger partial charge in [0.25, 0.3) is 0 Å². The standard InChI is InChI=1S/C17H24N2O/c1-11-6-7-15(12(2)10-11)17(20)9-8-16-13(3)18-19(5)14(16)4/h6-7,10,17,20H,8-9H2,1-5H3. The second kappa shape index (κ2) is 5.80. The maximum Gasteiger partial charge on any atom is 0.0795 e. The highest BCUT2D eigenvalue weighted by Gasteiger charge is 2.14. The third-order valence-electron chi connectivity index (χ3n) is 4.11. The van der Waals surface area contributed by atoms with Gasteiger partial charge < -0.3 is 5.11 Å². The maximum atomic E-state index is 10.4.